The van der Waals surface area contributed by atoms with Crippen molar-refractivity contribution >= 4 is 17.2 Å². The number of amides is 1. The Morgan fingerprint density at radius 2 is 2.16 bits per heavy atom. The van der Waals surface area contributed by atoms with Crippen LogP contribution in [0.15, 0.2) is 16.0 Å². The van der Waals surface area contributed by atoms with Crippen molar-refractivity contribution in [3.8, 4) is 11.3 Å². The van der Waals surface area contributed by atoms with Gasteiger partial charge in [0, 0.05) is 48.7 Å². The highest BCUT2D eigenvalue weighted by atomic mass is 32.1. The molecule has 0 saturated carbocycles. The first-order valence-corrected chi connectivity index (χ1v) is 9.84. The number of nitrogens with zero attached hydrogens (tertiary/aromatic N) is 3. The number of rotatable bonds is 5. The predicted molar refractivity (Wildman–Crippen MR) is 98.1 cm³/mol. The number of hydrogen-bond donors (Lipinski definition) is 1. The van der Waals surface area contributed by atoms with Crippen molar-refractivity contribution in [3.05, 3.63) is 27.6 Å². The maximum Gasteiger partial charge on any atom is 0.273 e. The molecule has 6 nitrogen and oxygen atoms in total. The van der Waals surface area contributed by atoms with E-state index in [2.05, 4.69) is 38.8 Å². The van der Waals surface area contributed by atoms with Gasteiger partial charge in [0.05, 0.1) is 0 Å². The minimum absolute atomic E-state index is 0.109. The summed E-state index contributed by atoms with van der Waals surface area (Å²) in [5.74, 6) is 0.673. The molecule has 0 aromatic carbocycles. The third kappa shape index (κ3) is 3.49. The molecule has 7 heteroatoms. The molecule has 0 atom stereocenters. The number of fused-ring (bicyclic) bond motifs is 3. The molecule has 25 heavy (non-hydrogen) atoms. The molecule has 0 radical (unpaired) electrons. The number of hydrogen-bond acceptors (Lipinski definition) is 6. The Bertz CT molecular complexity index is 746. The van der Waals surface area contributed by atoms with Gasteiger partial charge in [0.2, 0.25) is 0 Å². The van der Waals surface area contributed by atoms with Crippen LogP contribution in [-0.2, 0) is 12.8 Å². The Balaban J connectivity index is 1.30. The van der Waals surface area contributed by atoms with Crippen LogP contribution in [0.3, 0.4) is 0 Å². The van der Waals surface area contributed by atoms with Crippen LogP contribution in [0.4, 0.5) is 0 Å². The summed E-state index contributed by atoms with van der Waals surface area (Å²) in [6.45, 7) is 6.19. The highest BCUT2D eigenvalue weighted by molar-refractivity contribution is 7.10. The Labute approximate surface area is 151 Å². The summed E-state index contributed by atoms with van der Waals surface area (Å²) < 4.78 is 5.49. The number of aromatic nitrogens is 1. The van der Waals surface area contributed by atoms with Crippen LogP contribution in [0.5, 0.6) is 0 Å². The fourth-order valence-electron chi connectivity index (χ4n) is 3.57. The van der Waals surface area contributed by atoms with Gasteiger partial charge in [-0.05, 0) is 44.3 Å². The van der Waals surface area contributed by atoms with Gasteiger partial charge in [-0.15, -0.1) is 11.3 Å². The third-order valence-electron chi connectivity index (χ3n) is 5.13. The van der Waals surface area contributed by atoms with Crippen LogP contribution < -0.4 is 5.32 Å². The highest BCUT2D eigenvalue weighted by Gasteiger charge is 2.28. The van der Waals surface area contributed by atoms with Crippen molar-refractivity contribution in [1.82, 2.24) is 20.3 Å². The third-order valence-corrected chi connectivity index (χ3v) is 6.11. The second kappa shape index (κ2) is 7.27. The maximum absolute atomic E-state index is 12.5. The molecule has 2 aromatic heterocycles. The molecule has 4 rings (SSSR count). The monoisotopic (exact) mass is 360 g/mol. The number of nitrogens with one attached hydrogen (secondary N) is 1. The van der Waals surface area contributed by atoms with Gasteiger partial charge in [0.1, 0.15) is 0 Å². The summed E-state index contributed by atoms with van der Waals surface area (Å²) >= 11 is 1.74. The number of thiophene rings is 1. The Kier molecular flexibility index (Phi) is 4.87. The standard InChI is InChI=1S/C18H24N4O2S/c1-21-8-10-22(11-9-21)7-2-6-19-18(23)16-14-3-4-15-13(5-12-25-15)17(14)24-20-16/h5,12H,2-4,6-11H2,1H3,(H,19,23). The topological polar surface area (TPSA) is 61.6 Å². The number of aryl methyl sites for hydroxylation is 1. The van der Waals surface area contributed by atoms with Crippen molar-refractivity contribution < 1.29 is 9.32 Å². The van der Waals surface area contributed by atoms with Gasteiger partial charge in [-0.1, -0.05) is 5.16 Å². The first kappa shape index (κ1) is 16.8. The van der Waals surface area contributed by atoms with Gasteiger partial charge in [0.25, 0.3) is 5.91 Å². The summed E-state index contributed by atoms with van der Waals surface area (Å²) in [5.41, 5.74) is 2.53. The molecule has 134 valence electrons. The highest BCUT2D eigenvalue weighted by Crippen LogP contribution is 2.37. The summed E-state index contributed by atoms with van der Waals surface area (Å²) in [5, 5.41) is 9.13. The van der Waals surface area contributed by atoms with Crippen LogP contribution in [0.2, 0.25) is 0 Å². The van der Waals surface area contributed by atoms with E-state index >= 15 is 0 Å². The lowest BCUT2D eigenvalue weighted by Crippen LogP contribution is -2.45. The predicted octanol–water partition coefficient (Wildman–Crippen LogP) is 1.87. The van der Waals surface area contributed by atoms with E-state index in [-0.39, 0.29) is 5.91 Å². The quantitative estimate of drug-likeness (QED) is 0.825. The van der Waals surface area contributed by atoms with Gasteiger partial charge in [-0.3, -0.25) is 4.79 Å². The van der Waals surface area contributed by atoms with Crippen molar-refractivity contribution in [3.63, 3.8) is 0 Å². The molecule has 1 fully saturated rings. The number of carbonyl (C=O) groups is 1. The first-order chi connectivity index (χ1) is 12.2. The summed E-state index contributed by atoms with van der Waals surface area (Å²) in [6, 6.07) is 2.06. The zero-order valence-electron chi connectivity index (χ0n) is 14.6. The van der Waals surface area contributed by atoms with E-state index in [9.17, 15) is 4.79 Å². The van der Waals surface area contributed by atoms with E-state index in [4.69, 9.17) is 4.52 Å². The first-order valence-electron chi connectivity index (χ1n) is 8.97. The van der Waals surface area contributed by atoms with Crippen molar-refractivity contribution in [2.45, 2.75) is 19.3 Å². The minimum Gasteiger partial charge on any atom is -0.355 e. The average Bonchev–Trinajstić information content (AvgIpc) is 3.26. The zero-order chi connectivity index (χ0) is 17.2. The van der Waals surface area contributed by atoms with E-state index < -0.39 is 0 Å². The molecule has 1 N–H and O–H groups in total. The van der Waals surface area contributed by atoms with Gasteiger partial charge in [-0.2, -0.15) is 0 Å². The van der Waals surface area contributed by atoms with Crippen LogP contribution >= 0.6 is 11.3 Å². The molecule has 1 aliphatic carbocycles. The summed E-state index contributed by atoms with van der Waals surface area (Å²) in [7, 11) is 2.16. The lowest BCUT2D eigenvalue weighted by molar-refractivity contribution is 0.0939. The Morgan fingerprint density at radius 1 is 1.32 bits per heavy atom. The van der Waals surface area contributed by atoms with Crippen LogP contribution in [0.25, 0.3) is 11.3 Å². The van der Waals surface area contributed by atoms with Crippen LogP contribution in [-0.4, -0.2) is 67.2 Å². The molecule has 3 heterocycles. The van der Waals surface area contributed by atoms with Crippen molar-refractivity contribution in [1.29, 1.82) is 0 Å². The van der Waals surface area contributed by atoms with E-state index in [1.165, 1.54) is 4.88 Å². The zero-order valence-corrected chi connectivity index (χ0v) is 15.4. The fourth-order valence-corrected chi connectivity index (χ4v) is 4.44. The summed E-state index contributed by atoms with van der Waals surface area (Å²) in [4.78, 5) is 18.6. The molecule has 1 saturated heterocycles. The summed E-state index contributed by atoms with van der Waals surface area (Å²) in [6.07, 6.45) is 2.76. The molecule has 0 spiro atoms. The van der Waals surface area contributed by atoms with E-state index in [0.717, 1.165) is 68.9 Å². The van der Waals surface area contributed by atoms with Crippen molar-refractivity contribution in [2.24, 2.45) is 0 Å². The van der Waals surface area contributed by atoms with E-state index in [1.807, 2.05) is 0 Å². The lowest BCUT2D eigenvalue weighted by Gasteiger charge is -2.32. The lowest BCUT2D eigenvalue weighted by atomic mass is 9.95. The van der Waals surface area contributed by atoms with Gasteiger partial charge < -0.3 is 19.6 Å². The molecular formula is C18H24N4O2S. The molecule has 1 aliphatic heterocycles. The van der Waals surface area contributed by atoms with Gasteiger partial charge in [0.15, 0.2) is 11.5 Å². The number of carbonyl (C=O) groups excluding carboxylic acids is 1. The van der Waals surface area contributed by atoms with E-state index in [1.54, 1.807) is 11.3 Å². The fraction of sp³-hybridized carbons (Fsp3) is 0.556. The van der Waals surface area contributed by atoms with Gasteiger partial charge in [-0.25, -0.2) is 0 Å². The van der Waals surface area contributed by atoms with Crippen LogP contribution in [0.1, 0.15) is 27.3 Å². The van der Waals surface area contributed by atoms with Crippen LogP contribution in [0, 0.1) is 0 Å². The average molecular weight is 360 g/mol. The molecule has 2 aromatic rings. The smallest absolute Gasteiger partial charge is 0.273 e. The number of likely N-dealkylation sites (N-methyl/N-ethyl adjacent to an activating group) is 1. The second-order valence-corrected chi connectivity index (χ2v) is 7.85. The Hall–Kier alpha value is -1.70. The second-order valence-electron chi connectivity index (χ2n) is 6.85. The normalized spacial score (nSPS) is 18.0. The molecule has 0 unspecified atom stereocenters. The molecule has 2 aliphatic rings. The largest absolute Gasteiger partial charge is 0.355 e. The van der Waals surface area contributed by atoms with E-state index in [0.29, 0.717) is 12.2 Å². The van der Waals surface area contributed by atoms with Gasteiger partial charge >= 0.3 is 0 Å². The minimum atomic E-state index is -0.109. The van der Waals surface area contributed by atoms with Crippen molar-refractivity contribution in [2.75, 3.05) is 46.3 Å². The maximum atomic E-state index is 12.5. The molecule has 1 amide bonds. The number of piperazine rings is 1. The Morgan fingerprint density at radius 3 is 3.00 bits per heavy atom. The molecular weight excluding hydrogens is 336 g/mol. The SMILES string of the molecule is CN1CCN(CCCNC(=O)c2noc3c2CCc2sccc2-3)CC1. The molecule has 0 bridgehead atoms.